The van der Waals surface area contributed by atoms with Crippen LogP contribution in [0.5, 0.6) is 5.75 Å². The van der Waals surface area contributed by atoms with Crippen molar-refractivity contribution in [1.82, 2.24) is 14.9 Å². The lowest BCUT2D eigenvalue weighted by molar-refractivity contribution is -0.121. The second-order valence-electron chi connectivity index (χ2n) is 7.10. The molecular weight excluding hydrogens is 406 g/mol. The smallest absolute Gasteiger partial charge is 0.240 e. The van der Waals surface area contributed by atoms with Crippen LogP contribution in [0.2, 0.25) is 0 Å². The van der Waals surface area contributed by atoms with Crippen LogP contribution in [0.1, 0.15) is 5.82 Å². The van der Waals surface area contributed by atoms with E-state index in [1.807, 2.05) is 77.6 Å². The number of ether oxygens (including phenoxy) is 1. The molecule has 0 unspecified atom stereocenters. The van der Waals surface area contributed by atoms with Gasteiger partial charge in [0.1, 0.15) is 24.7 Å². The third-order valence-electron chi connectivity index (χ3n) is 4.96. The molecule has 0 atom stereocenters. The summed E-state index contributed by atoms with van der Waals surface area (Å²) in [4.78, 5) is 17.3. The summed E-state index contributed by atoms with van der Waals surface area (Å²) in [5, 5.41) is 2.97. The predicted molar refractivity (Wildman–Crippen MR) is 127 cm³/mol. The van der Waals surface area contributed by atoms with Gasteiger partial charge in [-0.3, -0.25) is 4.79 Å². The standard InChI is InChI=1S/C25H25N3O2S/c1-31-18-24-27-21-12-6-7-13-22(21)28(24)17-25(29)26-15-16-30-23-14-8-5-11-20(23)19-9-3-2-4-10-19/h2-14H,15-18H2,1H3,(H,26,29). The minimum Gasteiger partial charge on any atom is -0.491 e. The van der Waals surface area contributed by atoms with Crippen LogP contribution in [0.3, 0.4) is 0 Å². The number of amides is 1. The lowest BCUT2D eigenvalue weighted by atomic mass is 10.1. The van der Waals surface area contributed by atoms with Gasteiger partial charge in [-0.2, -0.15) is 11.8 Å². The van der Waals surface area contributed by atoms with Crippen LogP contribution in [0, 0.1) is 0 Å². The molecule has 0 aliphatic heterocycles. The van der Waals surface area contributed by atoms with Gasteiger partial charge in [0, 0.05) is 5.56 Å². The van der Waals surface area contributed by atoms with E-state index in [-0.39, 0.29) is 12.5 Å². The maximum absolute atomic E-state index is 12.6. The Balaban J connectivity index is 1.35. The molecule has 1 N–H and O–H groups in total. The number of fused-ring (bicyclic) bond motifs is 1. The van der Waals surface area contributed by atoms with Gasteiger partial charge < -0.3 is 14.6 Å². The molecule has 3 aromatic carbocycles. The first kappa shape index (κ1) is 21.0. The summed E-state index contributed by atoms with van der Waals surface area (Å²) in [6.45, 7) is 1.08. The highest BCUT2D eigenvalue weighted by Gasteiger charge is 2.13. The molecule has 0 aliphatic carbocycles. The van der Waals surface area contributed by atoms with Crippen LogP contribution in [0.25, 0.3) is 22.2 Å². The molecule has 1 amide bonds. The first-order chi connectivity index (χ1) is 15.3. The van der Waals surface area contributed by atoms with Crippen LogP contribution >= 0.6 is 11.8 Å². The van der Waals surface area contributed by atoms with Crippen molar-refractivity contribution in [2.75, 3.05) is 19.4 Å². The number of aromatic nitrogens is 2. The first-order valence-corrected chi connectivity index (χ1v) is 11.6. The molecule has 0 saturated heterocycles. The van der Waals surface area contributed by atoms with Crippen molar-refractivity contribution in [2.45, 2.75) is 12.3 Å². The molecule has 0 saturated carbocycles. The monoisotopic (exact) mass is 431 g/mol. The van der Waals surface area contributed by atoms with E-state index in [9.17, 15) is 4.79 Å². The molecule has 4 aromatic rings. The highest BCUT2D eigenvalue weighted by atomic mass is 32.2. The zero-order valence-electron chi connectivity index (χ0n) is 17.5. The molecule has 158 valence electrons. The fraction of sp³-hybridized carbons (Fsp3) is 0.200. The fourth-order valence-corrected chi connectivity index (χ4v) is 4.02. The van der Waals surface area contributed by atoms with Crippen molar-refractivity contribution < 1.29 is 9.53 Å². The average Bonchev–Trinajstić information content (AvgIpc) is 3.15. The van der Waals surface area contributed by atoms with E-state index < -0.39 is 0 Å². The number of hydrogen-bond donors (Lipinski definition) is 1. The van der Waals surface area contributed by atoms with Gasteiger partial charge in [-0.25, -0.2) is 4.98 Å². The number of rotatable bonds is 9. The van der Waals surface area contributed by atoms with Gasteiger partial charge in [0.2, 0.25) is 5.91 Å². The largest absolute Gasteiger partial charge is 0.491 e. The second kappa shape index (κ2) is 10.2. The molecule has 5 nitrogen and oxygen atoms in total. The van der Waals surface area contributed by atoms with Crippen LogP contribution < -0.4 is 10.1 Å². The Labute approximate surface area is 186 Å². The minimum absolute atomic E-state index is 0.0505. The van der Waals surface area contributed by atoms with Crippen molar-refractivity contribution in [3.8, 4) is 16.9 Å². The molecule has 0 fully saturated rings. The van der Waals surface area contributed by atoms with Crippen molar-refractivity contribution in [2.24, 2.45) is 0 Å². The third kappa shape index (κ3) is 5.09. The van der Waals surface area contributed by atoms with Gasteiger partial charge in [0.25, 0.3) is 0 Å². The van der Waals surface area contributed by atoms with Crippen molar-refractivity contribution in [1.29, 1.82) is 0 Å². The summed E-state index contributed by atoms with van der Waals surface area (Å²) in [5.41, 5.74) is 4.05. The Morgan fingerprint density at radius 2 is 1.74 bits per heavy atom. The normalized spacial score (nSPS) is 10.9. The third-order valence-corrected chi connectivity index (χ3v) is 5.51. The Bertz CT molecular complexity index is 1160. The quantitative estimate of drug-likeness (QED) is 0.388. The maximum atomic E-state index is 12.6. The molecule has 0 spiro atoms. The summed E-state index contributed by atoms with van der Waals surface area (Å²) < 4.78 is 7.97. The Morgan fingerprint density at radius 1 is 1.00 bits per heavy atom. The van der Waals surface area contributed by atoms with E-state index in [4.69, 9.17) is 4.74 Å². The van der Waals surface area contributed by atoms with E-state index in [1.165, 1.54) is 0 Å². The lowest BCUT2D eigenvalue weighted by Crippen LogP contribution is -2.31. The van der Waals surface area contributed by atoms with Gasteiger partial charge in [-0.15, -0.1) is 0 Å². The number of hydrogen-bond acceptors (Lipinski definition) is 4. The van der Waals surface area contributed by atoms with E-state index in [0.29, 0.717) is 13.2 Å². The summed E-state index contributed by atoms with van der Waals surface area (Å²) in [7, 11) is 0. The molecule has 31 heavy (non-hydrogen) atoms. The number of thioether (sulfide) groups is 1. The first-order valence-electron chi connectivity index (χ1n) is 10.2. The van der Waals surface area contributed by atoms with E-state index in [0.717, 1.165) is 39.5 Å². The number of carbonyl (C=O) groups excluding carboxylic acids is 1. The number of carbonyl (C=O) groups is 1. The Hall–Kier alpha value is -3.25. The Kier molecular flexibility index (Phi) is 6.89. The van der Waals surface area contributed by atoms with Gasteiger partial charge in [-0.05, 0) is 30.0 Å². The average molecular weight is 432 g/mol. The molecule has 1 aromatic heterocycles. The van der Waals surface area contributed by atoms with Crippen LogP contribution in [-0.2, 0) is 17.1 Å². The molecular formula is C25H25N3O2S. The van der Waals surface area contributed by atoms with Crippen LogP contribution in [-0.4, -0.2) is 34.9 Å². The number of benzene rings is 3. The highest BCUT2D eigenvalue weighted by molar-refractivity contribution is 7.97. The molecule has 0 aliphatic rings. The topological polar surface area (TPSA) is 56.2 Å². The molecule has 1 heterocycles. The zero-order chi connectivity index (χ0) is 21.5. The summed E-state index contributed by atoms with van der Waals surface area (Å²) >= 11 is 1.69. The predicted octanol–water partition coefficient (Wildman–Crippen LogP) is 4.76. The second-order valence-corrected chi connectivity index (χ2v) is 7.96. The molecule has 4 rings (SSSR count). The minimum atomic E-state index is -0.0505. The van der Waals surface area contributed by atoms with Crippen molar-refractivity contribution in [3.05, 3.63) is 84.7 Å². The molecule has 6 heteroatoms. The number of para-hydroxylation sites is 3. The summed E-state index contributed by atoms with van der Waals surface area (Å²) in [6.07, 6.45) is 2.04. The van der Waals surface area contributed by atoms with Gasteiger partial charge >= 0.3 is 0 Å². The highest BCUT2D eigenvalue weighted by Crippen LogP contribution is 2.29. The number of imidazole rings is 1. The number of nitrogens with one attached hydrogen (secondary N) is 1. The number of nitrogens with zero attached hydrogens (tertiary/aromatic N) is 2. The van der Waals surface area contributed by atoms with Crippen LogP contribution in [0.15, 0.2) is 78.9 Å². The lowest BCUT2D eigenvalue weighted by Gasteiger charge is -2.13. The fourth-order valence-electron chi connectivity index (χ4n) is 3.54. The zero-order valence-corrected chi connectivity index (χ0v) is 18.3. The van der Waals surface area contributed by atoms with Crippen molar-refractivity contribution in [3.63, 3.8) is 0 Å². The van der Waals surface area contributed by atoms with Crippen molar-refractivity contribution >= 4 is 28.7 Å². The summed E-state index contributed by atoms with van der Waals surface area (Å²) in [6, 6.07) is 26.0. The van der Waals surface area contributed by atoms with Crippen LogP contribution in [0.4, 0.5) is 0 Å². The van der Waals surface area contributed by atoms with Gasteiger partial charge in [0.15, 0.2) is 0 Å². The van der Waals surface area contributed by atoms with E-state index in [1.54, 1.807) is 11.8 Å². The van der Waals surface area contributed by atoms with E-state index >= 15 is 0 Å². The van der Waals surface area contributed by atoms with Gasteiger partial charge in [-0.1, -0.05) is 60.7 Å². The molecule has 0 radical (unpaired) electrons. The SMILES string of the molecule is CSCc1nc2ccccc2n1CC(=O)NCCOc1ccccc1-c1ccccc1. The molecule has 0 bridgehead atoms. The Morgan fingerprint density at radius 3 is 2.58 bits per heavy atom. The van der Waals surface area contributed by atoms with Gasteiger partial charge in [0.05, 0.1) is 23.3 Å². The van der Waals surface area contributed by atoms with E-state index in [2.05, 4.69) is 22.4 Å². The maximum Gasteiger partial charge on any atom is 0.240 e. The summed E-state index contributed by atoms with van der Waals surface area (Å²) in [5.74, 6) is 2.44.